The Balaban J connectivity index is 1.55. The van der Waals surface area contributed by atoms with E-state index in [4.69, 9.17) is 4.74 Å². The van der Waals surface area contributed by atoms with E-state index in [9.17, 15) is 4.79 Å². The lowest BCUT2D eigenvalue weighted by Gasteiger charge is -2.11. The van der Waals surface area contributed by atoms with Crippen molar-refractivity contribution in [3.63, 3.8) is 0 Å². The van der Waals surface area contributed by atoms with Gasteiger partial charge in [-0.25, -0.2) is 9.97 Å². The molecule has 0 fully saturated rings. The summed E-state index contributed by atoms with van der Waals surface area (Å²) in [5, 5.41) is 3.21. The molecule has 2 aromatic heterocycles. The summed E-state index contributed by atoms with van der Waals surface area (Å²) in [6.45, 7) is 0.785. The number of ether oxygens (including phenoxy) is 1. The van der Waals surface area contributed by atoms with E-state index in [1.165, 1.54) is 11.9 Å². The summed E-state index contributed by atoms with van der Waals surface area (Å²) >= 11 is 0. The molecule has 0 saturated carbocycles. The average molecular weight is 438 g/mol. The van der Waals surface area contributed by atoms with Crippen molar-refractivity contribution in [1.82, 2.24) is 24.4 Å². The number of imidazole rings is 1. The number of nitrogens with zero attached hydrogens (tertiary/aromatic N) is 4. The quantitative estimate of drug-likeness (QED) is 0.435. The molecule has 0 atom stereocenters. The van der Waals surface area contributed by atoms with Crippen LogP contribution in [0.2, 0.25) is 0 Å². The maximum absolute atomic E-state index is 13.4. The second kappa shape index (κ2) is 8.72. The van der Waals surface area contributed by atoms with Crippen molar-refractivity contribution in [1.29, 1.82) is 0 Å². The fourth-order valence-electron chi connectivity index (χ4n) is 3.98. The summed E-state index contributed by atoms with van der Waals surface area (Å²) in [7, 11) is 3.56. The number of methoxy groups -OCH3 is 1. The zero-order chi connectivity index (χ0) is 22.8. The van der Waals surface area contributed by atoms with Gasteiger partial charge in [-0.3, -0.25) is 13.9 Å². The molecule has 164 valence electrons. The minimum Gasteiger partial charge on any atom is -0.497 e. The third-order valence-corrected chi connectivity index (χ3v) is 5.66. The summed E-state index contributed by atoms with van der Waals surface area (Å²) in [4.78, 5) is 22.2. The van der Waals surface area contributed by atoms with Gasteiger partial charge < -0.3 is 10.1 Å². The first-order valence-electron chi connectivity index (χ1n) is 10.6. The van der Waals surface area contributed by atoms with Crippen molar-refractivity contribution < 1.29 is 4.74 Å². The molecular formula is C26H23N5O2. The number of aromatic nitrogens is 4. The number of hydrogen-bond acceptors (Lipinski definition) is 5. The minimum atomic E-state index is -0.184. The molecule has 7 heteroatoms. The number of hydrogen-bond donors (Lipinski definition) is 1. The molecule has 5 rings (SSSR count). The Morgan fingerprint density at radius 1 is 0.848 bits per heavy atom. The molecule has 2 heterocycles. The van der Waals surface area contributed by atoms with Crippen molar-refractivity contribution in [3.8, 4) is 28.3 Å². The van der Waals surface area contributed by atoms with Crippen molar-refractivity contribution >= 4 is 11.2 Å². The van der Waals surface area contributed by atoms with Gasteiger partial charge in [0.15, 0.2) is 11.2 Å². The zero-order valence-electron chi connectivity index (χ0n) is 18.4. The normalized spacial score (nSPS) is 11.1. The van der Waals surface area contributed by atoms with Gasteiger partial charge >= 0.3 is 0 Å². The van der Waals surface area contributed by atoms with Gasteiger partial charge in [-0.15, -0.1) is 0 Å². The molecule has 5 aromatic rings. The standard InChI is InChI=1S/C26H23N5O2/c1-27-15-19-5-3-4-6-23(19)18-7-9-21(10-8-18)31-17-29-25-24(26(31)32)30(16-28-25)20-11-13-22(33-2)14-12-20/h3-14,16-17,27H,15H2,1-2H3. The minimum absolute atomic E-state index is 0.184. The fraction of sp³-hybridized carbons (Fsp3) is 0.115. The molecule has 1 N–H and O–H groups in total. The highest BCUT2D eigenvalue weighted by molar-refractivity contribution is 5.73. The smallest absolute Gasteiger partial charge is 0.284 e. The van der Waals surface area contributed by atoms with Crippen LogP contribution >= 0.6 is 0 Å². The monoisotopic (exact) mass is 437 g/mol. The van der Waals surface area contributed by atoms with E-state index in [1.807, 2.05) is 67.7 Å². The van der Waals surface area contributed by atoms with Gasteiger partial charge in [0.1, 0.15) is 18.4 Å². The molecule has 0 unspecified atom stereocenters. The summed E-state index contributed by atoms with van der Waals surface area (Å²) in [6, 6.07) is 23.7. The number of fused-ring (bicyclic) bond motifs is 1. The molecule has 0 aliphatic rings. The van der Waals surface area contributed by atoms with Gasteiger partial charge in [0.2, 0.25) is 0 Å². The van der Waals surface area contributed by atoms with Crippen LogP contribution in [0.15, 0.2) is 90.2 Å². The van der Waals surface area contributed by atoms with Gasteiger partial charge in [-0.2, -0.15) is 0 Å². The lowest BCUT2D eigenvalue weighted by molar-refractivity contribution is 0.415. The van der Waals surface area contributed by atoms with Crippen LogP contribution in [0.5, 0.6) is 5.75 Å². The first-order valence-corrected chi connectivity index (χ1v) is 10.6. The molecule has 0 aliphatic carbocycles. The molecule has 7 nitrogen and oxygen atoms in total. The van der Waals surface area contributed by atoms with E-state index in [1.54, 1.807) is 22.6 Å². The Hall–Kier alpha value is -4.23. The predicted molar refractivity (Wildman–Crippen MR) is 129 cm³/mol. The van der Waals surface area contributed by atoms with E-state index in [0.717, 1.165) is 34.8 Å². The molecular weight excluding hydrogens is 414 g/mol. The number of nitrogens with one attached hydrogen (secondary N) is 1. The second-order valence-electron chi connectivity index (χ2n) is 7.64. The number of rotatable bonds is 6. The van der Waals surface area contributed by atoms with E-state index < -0.39 is 0 Å². The van der Waals surface area contributed by atoms with Crippen molar-refractivity contribution in [2.75, 3.05) is 14.2 Å². The summed E-state index contributed by atoms with van der Waals surface area (Å²) in [5.74, 6) is 0.745. The first-order chi connectivity index (χ1) is 16.2. The van der Waals surface area contributed by atoms with Crippen LogP contribution in [0.3, 0.4) is 0 Å². The van der Waals surface area contributed by atoms with Crippen LogP contribution < -0.4 is 15.6 Å². The van der Waals surface area contributed by atoms with Gasteiger partial charge in [-0.05, 0) is 60.1 Å². The van der Waals surface area contributed by atoms with E-state index in [0.29, 0.717) is 11.2 Å². The predicted octanol–water partition coefficient (Wildman–Crippen LogP) is 3.97. The van der Waals surface area contributed by atoms with Crippen LogP contribution in [0.1, 0.15) is 5.56 Å². The second-order valence-corrected chi connectivity index (χ2v) is 7.64. The van der Waals surface area contributed by atoms with Gasteiger partial charge in [0, 0.05) is 12.2 Å². The zero-order valence-corrected chi connectivity index (χ0v) is 18.4. The number of benzene rings is 3. The Bertz CT molecular complexity index is 1470. The van der Waals surface area contributed by atoms with E-state index >= 15 is 0 Å². The van der Waals surface area contributed by atoms with Gasteiger partial charge in [0.25, 0.3) is 5.56 Å². The lowest BCUT2D eigenvalue weighted by Crippen LogP contribution is -2.20. The summed E-state index contributed by atoms with van der Waals surface area (Å²) in [5.41, 5.74) is 5.67. The molecule has 0 radical (unpaired) electrons. The first kappa shape index (κ1) is 20.7. The maximum Gasteiger partial charge on any atom is 0.284 e. The van der Waals surface area contributed by atoms with E-state index in [-0.39, 0.29) is 5.56 Å². The third kappa shape index (κ3) is 3.79. The summed E-state index contributed by atoms with van der Waals surface area (Å²) < 4.78 is 8.53. The van der Waals surface area contributed by atoms with Crippen LogP contribution in [-0.4, -0.2) is 33.3 Å². The average Bonchev–Trinajstić information content (AvgIpc) is 3.30. The maximum atomic E-state index is 13.4. The third-order valence-electron chi connectivity index (χ3n) is 5.66. The van der Waals surface area contributed by atoms with Gasteiger partial charge in [-0.1, -0.05) is 36.4 Å². The molecule has 0 aliphatic heterocycles. The molecule has 33 heavy (non-hydrogen) atoms. The molecule has 3 aromatic carbocycles. The molecule has 0 saturated heterocycles. The van der Waals surface area contributed by atoms with Crippen LogP contribution in [0, 0.1) is 0 Å². The Kier molecular flexibility index (Phi) is 5.46. The largest absolute Gasteiger partial charge is 0.497 e. The Morgan fingerprint density at radius 3 is 2.18 bits per heavy atom. The topological polar surface area (TPSA) is 74.0 Å². The lowest BCUT2D eigenvalue weighted by atomic mass is 9.99. The molecule has 0 bridgehead atoms. The molecule has 0 spiro atoms. The van der Waals surface area contributed by atoms with Crippen molar-refractivity contribution in [2.45, 2.75) is 6.54 Å². The van der Waals surface area contributed by atoms with Crippen LogP contribution in [0.4, 0.5) is 0 Å². The Labute approximate surface area is 190 Å². The van der Waals surface area contributed by atoms with Crippen molar-refractivity contribution in [3.05, 3.63) is 101 Å². The highest BCUT2D eigenvalue weighted by Crippen LogP contribution is 2.25. The molecule has 0 amide bonds. The summed E-state index contributed by atoms with van der Waals surface area (Å²) in [6.07, 6.45) is 3.15. The van der Waals surface area contributed by atoms with Gasteiger partial charge in [0.05, 0.1) is 12.8 Å². The fourth-order valence-corrected chi connectivity index (χ4v) is 3.98. The highest BCUT2D eigenvalue weighted by atomic mass is 16.5. The van der Waals surface area contributed by atoms with Crippen LogP contribution in [-0.2, 0) is 6.54 Å². The SMILES string of the molecule is CNCc1ccccc1-c1ccc(-n2cnc3ncn(-c4ccc(OC)cc4)c3c2=O)cc1. The highest BCUT2D eigenvalue weighted by Gasteiger charge is 2.14. The van der Waals surface area contributed by atoms with Crippen molar-refractivity contribution in [2.24, 2.45) is 0 Å². The van der Waals surface area contributed by atoms with Crippen LogP contribution in [0.25, 0.3) is 33.7 Å². The van der Waals surface area contributed by atoms with E-state index in [2.05, 4.69) is 27.4 Å². The Morgan fingerprint density at radius 2 is 1.48 bits per heavy atom.